The van der Waals surface area contributed by atoms with E-state index in [9.17, 15) is 9.59 Å². The first-order valence-corrected chi connectivity index (χ1v) is 10.2. The average Bonchev–Trinajstić information content (AvgIpc) is 2.92. The predicted octanol–water partition coefficient (Wildman–Crippen LogP) is 5.26. The summed E-state index contributed by atoms with van der Waals surface area (Å²) in [6, 6.07) is 8.30. The van der Waals surface area contributed by atoms with Crippen molar-refractivity contribution in [2.45, 2.75) is 13.5 Å². The molecule has 0 radical (unpaired) electrons. The van der Waals surface area contributed by atoms with E-state index in [0.29, 0.717) is 38.2 Å². The standard InChI is InChI=1S/C20H17BrCl2N2O4/c1-3-28-17-8-12(7-16-19(26)25(2)20(27)24-16)13(21)9-18(17)29-10-11-4-5-14(22)15(23)6-11/h4-9H,3,10H2,1-2H3,(H,24,27)/b16-7+. The fraction of sp³-hybridized carbons (Fsp3) is 0.200. The number of hydrogen-bond acceptors (Lipinski definition) is 4. The first-order chi connectivity index (χ1) is 13.8. The Kier molecular flexibility index (Phi) is 6.72. The molecule has 1 fully saturated rings. The topological polar surface area (TPSA) is 67.9 Å². The van der Waals surface area contributed by atoms with Gasteiger partial charge in [0.15, 0.2) is 11.5 Å². The van der Waals surface area contributed by atoms with Gasteiger partial charge in [0, 0.05) is 11.5 Å². The van der Waals surface area contributed by atoms with E-state index in [1.54, 1.807) is 30.3 Å². The van der Waals surface area contributed by atoms with Crippen LogP contribution in [0.4, 0.5) is 4.79 Å². The second kappa shape index (κ2) is 9.07. The summed E-state index contributed by atoms with van der Waals surface area (Å²) >= 11 is 15.5. The van der Waals surface area contributed by atoms with Gasteiger partial charge in [0.25, 0.3) is 5.91 Å². The van der Waals surface area contributed by atoms with Crippen LogP contribution in [0.15, 0.2) is 40.5 Å². The molecular formula is C20H17BrCl2N2O4. The van der Waals surface area contributed by atoms with Gasteiger partial charge in [0.1, 0.15) is 12.3 Å². The number of nitrogens with zero attached hydrogens (tertiary/aromatic N) is 1. The van der Waals surface area contributed by atoms with Crippen molar-refractivity contribution in [1.82, 2.24) is 10.2 Å². The number of carbonyl (C=O) groups excluding carboxylic acids is 2. The number of imide groups is 1. The summed E-state index contributed by atoms with van der Waals surface area (Å²) in [5.74, 6) is 0.624. The second-order valence-corrected chi connectivity index (χ2v) is 7.81. The van der Waals surface area contributed by atoms with Crippen LogP contribution >= 0.6 is 39.1 Å². The molecule has 0 aromatic heterocycles. The molecule has 6 nitrogen and oxygen atoms in total. The van der Waals surface area contributed by atoms with Crippen LogP contribution in [-0.2, 0) is 11.4 Å². The number of likely N-dealkylation sites (N-methyl/N-ethyl adjacent to an activating group) is 1. The lowest BCUT2D eigenvalue weighted by Crippen LogP contribution is -2.25. The maximum absolute atomic E-state index is 12.1. The van der Waals surface area contributed by atoms with Crippen molar-refractivity contribution in [1.29, 1.82) is 0 Å². The highest BCUT2D eigenvalue weighted by Crippen LogP contribution is 2.36. The zero-order valence-corrected chi connectivity index (χ0v) is 18.7. The Hall–Kier alpha value is -2.22. The highest BCUT2D eigenvalue weighted by atomic mass is 79.9. The number of hydrogen-bond donors (Lipinski definition) is 1. The Morgan fingerprint density at radius 3 is 2.45 bits per heavy atom. The van der Waals surface area contributed by atoms with Crippen molar-refractivity contribution in [2.75, 3.05) is 13.7 Å². The Bertz CT molecular complexity index is 1010. The summed E-state index contributed by atoms with van der Waals surface area (Å²) in [5.41, 5.74) is 1.70. The summed E-state index contributed by atoms with van der Waals surface area (Å²) in [5, 5.41) is 3.46. The third-order valence-corrected chi connectivity index (χ3v) is 5.55. The largest absolute Gasteiger partial charge is 0.490 e. The van der Waals surface area contributed by atoms with Gasteiger partial charge in [-0.15, -0.1) is 0 Å². The highest BCUT2D eigenvalue weighted by molar-refractivity contribution is 9.10. The van der Waals surface area contributed by atoms with Crippen molar-refractivity contribution < 1.29 is 19.1 Å². The van der Waals surface area contributed by atoms with Gasteiger partial charge in [-0.1, -0.05) is 45.2 Å². The summed E-state index contributed by atoms with van der Waals surface area (Å²) < 4.78 is 12.3. The molecule has 1 aliphatic heterocycles. The van der Waals surface area contributed by atoms with Crippen LogP contribution in [0.5, 0.6) is 11.5 Å². The summed E-state index contributed by atoms with van der Waals surface area (Å²) in [7, 11) is 1.42. The summed E-state index contributed by atoms with van der Waals surface area (Å²) in [6.07, 6.45) is 1.58. The van der Waals surface area contributed by atoms with Gasteiger partial charge in [0.2, 0.25) is 0 Å². The molecule has 0 spiro atoms. The molecule has 1 aliphatic rings. The van der Waals surface area contributed by atoms with Crippen LogP contribution in [0.25, 0.3) is 6.08 Å². The summed E-state index contributed by atoms with van der Waals surface area (Å²) in [4.78, 5) is 24.8. The highest BCUT2D eigenvalue weighted by Gasteiger charge is 2.30. The first-order valence-electron chi connectivity index (χ1n) is 8.64. The van der Waals surface area contributed by atoms with Gasteiger partial charge < -0.3 is 14.8 Å². The molecule has 3 amide bonds. The van der Waals surface area contributed by atoms with Crippen LogP contribution in [0.3, 0.4) is 0 Å². The number of rotatable bonds is 6. The maximum atomic E-state index is 12.1. The Labute approximate surface area is 186 Å². The zero-order valence-electron chi connectivity index (χ0n) is 15.6. The average molecular weight is 500 g/mol. The van der Waals surface area contributed by atoms with Gasteiger partial charge in [-0.05, 0) is 48.4 Å². The Morgan fingerprint density at radius 2 is 1.83 bits per heavy atom. The van der Waals surface area contributed by atoms with E-state index in [0.717, 1.165) is 10.5 Å². The van der Waals surface area contributed by atoms with Crippen LogP contribution in [0.2, 0.25) is 10.0 Å². The Balaban J connectivity index is 1.87. The van der Waals surface area contributed by atoms with Crippen LogP contribution in [0.1, 0.15) is 18.1 Å². The molecule has 9 heteroatoms. The summed E-state index contributed by atoms with van der Waals surface area (Å²) in [6.45, 7) is 2.56. The predicted molar refractivity (Wildman–Crippen MR) is 115 cm³/mol. The van der Waals surface area contributed by atoms with Crippen LogP contribution in [-0.4, -0.2) is 30.5 Å². The first kappa shape index (κ1) is 21.5. The van der Waals surface area contributed by atoms with E-state index in [4.69, 9.17) is 32.7 Å². The number of amides is 3. The minimum absolute atomic E-state index is 0.185. The quantitative estimate of drug-likeness (QED) is 0.435. The van der Waals surface area contributed by atoms with Gasteiger partial charge in [-0.2, -0.15) is 0 Å². The van der Waals surface area contributed by atoms with Gasteiger partial charge in [-0.25, -0.2) is 4.79 Å². The molecule has 0 bridgehead atoms. The molecule has 0 aliphatic carbocycles. The minimum Gasteiger partial charge on any atom is -0.490 e. The SMILES string of the molecule is CCOc1cc(/C=C2/NC(=O)N(C)C2=O)c(Br)cc1OCc1ccc(Cl)c(Cl)c1. The van der Waals surface area contributed by atoms with E-state index in [2.05, 4.69) is 21.2 Å². The zero-order chi connectivity index (χ0) is 21.1. The molecule has 2 aromatic rings. The van der Waals surface area contributed by atoms with E-state index in [1.165, 1.54) is 7.05 Å². The molecule has 3 rings (SSSR count). The van der Waals surface area contributed by atoms with Crippen molar-refractivity contribution in [3.8, 4) is 11.5 Å². The number of urea groups is 1. The molecule has 0 atom stereocenters. The second-order valence-electron chi connectivity index (χ2n) is 6.14. The molecule has 0 unspecified atom stereocenters. The number of ether oxygens (including phenoxy) is 2. The van der Waals surface area contributed by atoms with Crippen molar-refractivity contribution in [2.24, 2.45) is 0 Å². The monoisotopic (exact) mass is 498 g/mol. The third-order valence-electron chi connectivity index (χ3n) is 4.12. The normalized spacial score (nSPS) is 15.1. The van der Waals surface area contributed by atoms with E-state index in [1.807, 2.05) is 13.0 Å². The van der Waals surface area contributed by atoms with Crippen LogP contribution < -0.4 is 14.8 Å². The lowest BCUT2D eigenvalue weighted by atomic mass is 10.1. The molecular weight excluding hydrogens is 483 g/mol. The number of halogens is 3. The van der Waals surface area contributed by atoms with E-state index in [-0.39, 0.29) is 12.3 Å². The molecule has 0 saturated carbocycles. The molecule has 1 N–H and O–H groups in total. The molecule has 2 aromatic carbocycles. The maximum Gasteiger partial charge on any atom is 0.328 e. The van der Waals surface area contributed by atoms with Crippen molar-refractivity contribution in [3.63, 3.8) is 0 Å². The fourth-order valence-electron chi connectivity index (χ4n) is 2.61. The van der Waals surface area contributed by atoms with Gasteiger partial charge in [0.05, 0.1) is 16.7 Å². The molecule has 1 saturated heterocycles. The number of carbonyl (C=O) groups is 2. The third kappa shape index (κ3) is 4.86. The van der Waals surface area contributed by atoms with Crippen molar-refractivity contribution >= 4 is 57.1 Å². The molecule has 29 heavy (non-hydrogen) atoms. The van der Waals surface area contributed by atoms with Crippen molar-refractivity contribution in [3.05, 3.63) is 61.7 Å². The number of benzene rings is 2. The van der Waals surface area contributed by atoms with Gasteiger partial charge >= 0.3 is 6.03 Å². The van der Waals surface area contributed by atoms with Crippen LogP contribution in [0, 0.1) is 0 Å². The molecule has 152 valence electrons. The minimum atomic E-state index is -0.469. The van der Waals surface area contributed by atoms with Gasteiger partial charge in [-0.3, -0.25) is 9.69 Å². The number of nitrogens with one attached hydrogen (secondary N) is 1. The lowest BCUT2D eigenvalue weighted by molar-refractivity contribution is -0.121. The fourth-order valence-corrected chi connectivity index (χ4v) is 3.37. The molecule has 1 heterocycles. The van der Waals surface area contributed by atoms with E-state index < -0.39 is 11.9 Å². The smallest absolute Gasteiger partial charge is 0.328 e. The Morgan fingerprint density at radius 1 is 1.10 bits per heavy atom. The van der Waals surface area contributed by atoms with E-state index >= 15 is 0 Å². The lowest BCUT2D eigenvalue weighted by Gasteiger charge is -2.14.